The number of thioether (sulfide) groups is 1. The van der Waals surface area contributed by atoms with E-state index < -0.39 is 0 Å². The molecule has 1 fully saturated rings. The molecule has 0 aliphatic heterocycles. The van der Waals surface area contributed by atoms with Gasteiger partial charge in [0, 0.05) is 12.0 Å². The topological polar surface area (TPSA) is 60.9 Å². The van der Waals surface area contributed by atoms with Crippen LogP contribution >= 0.6 is 11.8 Å². The van der Waals surface area contributed by atoms with Crippen LogP contribution in [0.1, 0.15) is 43.4 Å². The smallest absolute Gasteiger partial charge is 0.192 e. The normalized spacial score (nSPS) is 17.8. The van der Waals surface area contributed by atoms with Crippen LogP contribution in [0.3, 0.4) is 0 Å². The molecule has 27 heavy (non-hydrogen) atoms. The highest BCUT2D eigenvalue weighted by Gasteiger charge is 2.25. The number of hydrogen-bond acceptors (Lipinski definition) is 5. The zero-order chi connectivity index (χ0) is 18.6. The highest BCUT2D eigenvalue weighted by Crippen LogP contribution is 2.32. The molecule has 0 radical (unpaired) electrons. The van der Waals surface area contributed by atoms with E-state index in [9.17, 15) is 4.79 Å². The molecular formula is C21H23N3O2S. The summed E-state index contributed by atoms with van der Waals surface area (Å²) in [4.78, 5) is 12.5. The van der Waals surface area contributed by atoms with Gasteiger partial charge in [-0.15, -0.1) is 10.2 Å². The number of aromatic nitrogens is 3. The van der Waals surface area contributed by atoms with Crippen molar-refractivity contribution in [1.82, 2.24) is 14.8 Å². The predicted octanol–water partition coefficient (Wildman–Crippen LogP) is 4.89. The molecule has 0 bridgehead atoms. The van der Waals surface area contributed by atoms with Gasteiger partial charge in [-0.25, -0.2) is 0 Å². The van der Waals surface area contributed by atoms with E-state index >= 15 is 0 Å². The minimum Gasteiger partial charge on any atom is -0.467 e. The Hall–Kier alpha value is -2.34. The lowest BCUT2D eigenvalue weighted by molar-refractivity contribution is -0.118. The molecule has 0 N–H and O–H groups in total. The molecule has 3 aromatic rings. The van der Waals surface area contributed by atoms with E-state index in [1.807, 2.05) is 24.3 Å². The van der Waals surface area contributed by atoms with Crippen molar-refractivity contribution in [3.63, 3.8) is 0 Å². The molecular weight excluding hydrogens is 358 g/mol. The van der Waals surface area contributed by atoms with Crippen molar-refractivity contribution >= 4 is 17.5 Å². The molecule has 0 amide bonds. The number of benzene rings is 1. The second-order valence-corrected chi connectivity index (χ2v) is 8.18. The van der Waals surface area contributed by atoms with Gasteiger partial charge >= 0.3 is 0 Å². The number of nitrogens with zero attached hydrogens (tertiary/aromatic N) is 3. The molecule has 1 saturated carbocycles. The Morgan fingerprint density at radius 1 is 1.19 bits per heavy atom. The maximum Gasteiger partial charge on any atom is 0.192 e. The minimum absolute atomic E-state index is 0.0302. The Labute approximate surface area is 163 Å². The van der Waals surface area contributed by atoms with Gasteiger partial charge in [-0.05, 0) is 38.0 Å². The van der Waals surface area contributed by atoms with Crippen molar-refractivity contribution in [2.45, 2.75) is 56.0 Å². The van der Waals surface area contributed by atoms with Gasteiger partial charge in [0.05, 0.1) is 18.1 Å². The van der Waals surface area contributed by atoms with Gasteiger partial charge in [-0.1, -0.05) is 48.4 Å². The van der Waals surface area contributed by atoms with Gasteiger partial charge in [-0.3, -0.25) is 9.36 Å². The van der Waals surface area contributed by atoms with Crippen molar-refractivity contribution in [1.29, 1.82) is 0 Å². The molecule has 0 saturated heterocycles. The summed E-state index contributed by atoms with van der Waals surface area (Å²) in [5.74, 6) is 1.98. The van der Waals surface area contributed by atoms with E-state index in [4.69, 9.17) is 4.42 Å². The van der Waals surface area contributed by atoms with E-state index in [0.29, 0.717) is 18.7 Å². The number of carbonyl (C=O) groups excluding carboxylic acids is 1. The molecule has 0 spiro atoms. The number of hydrogen-bond donors (Lipinski definition) is 0. The first kappa shape index (κ1) is 18.0. The monoisotopic (exact) mass is 381 g/mol. The lowest BCUT2D eigenvalue weighted by atomic mass is 10.1. The fraction of sp³-hybridized carbons (Fsp3) is 0.381. The SMILES string of the molecule is Cc1cccc(-c2nnc(S[C@H]3CCCCCC3=O)n2Cc2ccco2)c1. The number of aryl methyl sites for hydroxylation is 1. The maximum atomic E-state index is 12.5. The number of Topliss-reactive ketones (excluding diaryl/α,β-unsaturated/α-hetero) is 1. The van der Waals surface area contributed by atoms with E-state index in [0.717, 1.165) is 48.0 Å². The summed E-state index contributed by atoms with van der Waals surface area (Å²) >= 11 is 1.55. The molecule has 4 rings (SSSR count). The minimum atomic E-state index is -0.0302. The molecule has 140 valence electrons. The van der Waals surface area contributed by atoms with E-state index in [2.05, 4.69) is 33.8 Å². The maximum absolute atomic E-state index is 12.5. The van der Waals surface area contributed by atoms with Gasteiger partial charge in [0.1, 0.15) is 11.5 Å². The summed E-state index contributed by atoms with van der Waals surface area (Å²) in [5, 5.41) is 9.66. The average Bonchev–Trinajstić information content (AvgIpc) is 3.26. The van der Waals surface area contributed by atoms with Crippen molar-refractivity contribution < 1.29 is 9.21 Å². The lowest BCUT2D eigenvalue weighted by Gasteiger charge is -2.14. The standard InChI is InChI=1S/C21H23N3O2S/c1-15-7-5-8-16(13-15)20-22-23-21(24(20)14-17-9-6-12-26-17)27-19-11-4-2-3-10-18(19)25/h5-9,12-13,19H,2-4,10-11,14H2,1H3/t19-/m0/s1. The van der Waals surface area contributed by atoms with Crippen molar-refractivity contribution in [2.24, 2.45) is 0 Å². The van der Waals surface area contributed by atoms with Crippen LogP contribution in [0.15, 0.2) is 52.2 Å². The van der Waals surface area contributed by atoms with Crippen molar-refractivity contribution in [3.05, 3.63) is 54.0 Å². The fourth-order valence-electron chi connectivity index (χ4n) is 3.45. The van der Waals surface area contributed by atoms with Crippen LogP contribution in [0.2, 0.25) is 0 Å². The first-order valence-electron chi connectivity index (χ1n) is 9.43. The zero-order valence-corrected chi connectivity index (χ0v) is 16.2. The van der Waals surface area contributed by atoms with E-state index in [1.165, 1.54) is 5.56 Å². The van der Waals surface area contributed by atoms with Gasteiger partial charge in [-0.2, -0.15) is 0 Å². The highest BCUT2D eigenvalue weighted by molar-refractivity contribution is 8.00. The Morgan fingerprint density at radius 3 is 2.93 bits per heavy atom. The lowest BCUT2D eigenvalue weighted by Crippen LogP contribution is -2.16. The third-order valence-corrected chi connectivity index (χ3v) is 6.18. The van der Waals surface area contributed by atoms with Crippen LogP contribution in [0.25, 0.3) is 11.4 Å². The van der Waals surface area contributed by atoms with Crippen LogP contribution in [0, 0.1) is 6.92 Å². The molecule has 0 unspecified atom stereocenters. The van der Waals surface area contributed by atoms with Gasteiger partial charge < -0.3 is 4.42 Å². The number of furan rings is 1. The third-order valence-electron chi connectivity index (χ3n) is 4.88. The molecule has 1 aliphatic rings. The summed E-state index contributed by atoms with van der Waals surface area (Å²) in [5.41, 5.74) is 2.20. The molecule has 1 atom stereocenters. The van der Waals surface area contributed by atoms with Crippen molar-refractivity contribution in [2.75, 3.05) is 0 Å². The van der Waals surface area contributed by atoms with E-state index in [-0.39, 0.29) is 5.25 Å². The fourth-order valence-corrected chi connectivity index (χ4v) is 4.61. The molecule has 2 heterocycles. The summed E-state index contributed by atoms with van der Waals surface area (Å²) in [7, 11) is 0. The number of ketones is 1. The van der Waals surface area contributed by atoms with Gasteiger partial charge in [0.25, 0.3) is 0 Å². The molecule has 5 nitrogen and oxygen atoms in total. The van der Waals surface area contributed by atoms with Crippen LogP contribution in [-0.2, 0) is 11.3 Å². The summed E-state index contributed by atoms with van der Waals surface area (Å²) in [6, 6.07) is 12.1. The highest BCUT2D eigenvalue weighted by atomic mass is 32.2. The quantitative estimate of drug-likeness (QED) is 0.589. The summed E-state index contributed by atoms with van der Waals surface area (Å²) < 4.78 is 7.62. The summed E-state index contributed by atoms with van der Waals surface area (Å²) in [6.07, 6.45) is 6.50. The second kappa shape index (κ2) is 8.13. The molecule has 2 aromatic heterocycles. The molecule has 6 heteroatoms. The number of carbonyl (C=O) groups is 1. The average molecular weight is 382 g/mol. The van der Waals surface area contributed by atoms with Gasteiger partial charge in [0.15, 0.2) is 11.0 Å². The van der Waals surface area contributed by atoms with E-state index in [1.54, 1.807) is 18.0 Å². The second-order valence-electron chi connectivity index (χ2n) is 7.01. The van der Waals surface area contributed by atoms with Crippen LogP contribution in [0.4, 0.5) is 0 Å². The van der Waals surface area contributed by atoms with Crippen LogP contribution in [0.5, 0.6) is 0 Å². The Balaban J connectivity index is 1.69. The predicted molar refractivity (Wildman–Crippen MR) is 106 cm³/mol. The van der Waals surface area contributed by atoms with Gasteiger partial charge in [0.2, 0.25) is 0 Å². The van der Waals surface area contributed by atoms with Crippen LogP contribution < -0.4 is 0 Å². The van der Waals surface area contributed by atoms with Crippen LogP contribution in [-0.4, -0.2) is 25.8 Å². The zero-order valence-electron chi connectivity index (χ0n) is 15.4. The first-order chi connectivity index (χ1) is 13.2. The Morgan fingerprint density at radius 2 is 2.11 bits per heavy atom. The number of rotatable bonds is 5. The largest absolute Gasteiger partial charge is 0.467 e. The Bertz CT molecular complexity index is 917. The Kier molecular flexibility index (Phi) is 5.43. The molecule has 1 aliphatic carbocycles. The first-order valence-corrected chi connectivity index (χ1v) is 10.3. The summed E-state index contributed by atoms with van der Waals surface area (Å²) in [6.45, 7) is 2.61. The molecule has 1 aromatic carbocycles. The third kappa shape index (κ3) is 4.16. The van der Waals surface area contributed by atoms with Crippen molar-refractivity contribution in [3.8, 4) is 11.4 Å².